The number of aliphatic imine (C=N–C) groups is 1. The van der Waals surface area contributed by atoms with E-state index >= 15 is 0 Å². The van der Waals surface area contributed by atoms with Gasteiger partial charge in [-0.2, -0.15) is 0 Å². The van der Waals surface area contributed by atoms with Gasteiger partial charge < -0.3 is 25.6 Å². The molecule has 3 aromatic rings. The second kappa shape index (κ2) is 11.7. The Kier molecular flexibility index (Phi) is 9.01. The molecule has 0 saturated carbocycles. The number of hydrogen-bond acceptors (Lipinski definition) is 4. The summed E-state index contributed by atoms with van der Waals surface area (Å²) in [6.45, 7) is 0.271. The molecule has 0 radical (unpaired) electrons. The number of benzene rings is 3. The first kappa shape index (κ1) is 22.3. The second-order valence-electron chi connectivity index (χ2n) is 6.07. The van der Waals surface area contributed by atoms with Crippen LogP contribution in [0.3, 0.4) is 0 Å². The number of aliphatic hydroxyl groups excluding tert-OH is 1. The van der Waals surface area contributed by atoms with Crippen molar-refractivity contribution in [2.24, 2.45) is 10.7 Å². The van der Waals surface area contributed by atoms with Crippen LogP contribution in [0.2, 0.25) is 0 Å². The topological polar surface area (TPSA) is 89.1 Å². The quantitative estimate of drug-likeness (QED) is 0.348. The molecule has 0 aromatic heterocycles. The van der Waals surface area contributed by atoms with Gasteiger partial charge >= 0.3 is 0 Å². The Morgan fingerprint density at radius 2 is 1.52 bits per heavy atom. The number of nitrogens with zero attached hydrogens (tertiary/aromatic N) is 1. The maximum atomic E-state index is 10.00. The number of halogens is 1. The average Bonchev–Trinajstić information content (AvgIpc) is 2.72. The van der Waals surface area contributed by atoms with E-state index in [0.717, 1.165) is 11.4 Å². The van der Waals surface area contributed by atoms with E-state index < -0.39 is 6.10 Å². The first-order valence-electron chi connectivity index (χ1n) is 8.95. The number of nitrogens with two attached hydrogens (primary N) is 1. The first-order chi connectivity index (χ1) is 13.7. The molecule has 3 aromatic carbocycles. The lowest BCUT2D eigenvalue weighted by molar-refractivity contribution is 0.114. The number of nitrogens with one attached hydrogen (secondary N) is 1. The molecule has 0 fully saturated rings. The Morgan fingerprint density at radius 1 is 0.897 bits per heavy atom. The lowest BCUT2D eigenvalue weighted by Crippen LogP contribution is -2.27. The van der Waals surface area contributed by atoms with Crippen molar-refractivity contribution in [3.8, 4) is 17.2 Å². The number of anilines is 1. The zero-order valence-electron chi connectivity index (χ0n) is 15.8. The van der Waals surface area contributed by atoms with E-state index in [-0.39, 0.29) is 36.1 Å². The molecule has 0 saturated heterocycles. The summed E-state index contributed by atoms with van der Waals surface area (Å²) in [6.07, 6.45) is -0.756. The van der Waals surface area contributed by atoms with E-state index in [1.54, 1.807) is 0 Å². The minimum Gasteiger partial charge on any atom is -0.491 e. The number of ether oxygens (including phenoxy) is 2. The summed E-state index contributed by atoms with van der Waals surface area (Å²) in [5.41, 5.74) is 6.65. The Labute approximate surface area is 180 Å². The summed E-state index contributed by atoms with van der Waals surface area (Å²) < 4.78 is 11.3. The van der Waals surface area contributed by atoms with Crippen molar-refractivity contribution in [1.82, 2.24) is 0 Å². The molecule has 4 N–H and O–H groups in total. The van der Waals surface area contributed by atoms with Crippen molar-refractivity contribution >= 4 is 28.6 Å². The van der Waals surface area contributed by atoms with E-state index in [9.17, 15) is 5.11 Å². The fourth-order valence-corrected chi connectivity index (χ4v) is 2.41. The van der Waals surface area contributed by atoms with Crippen LogP contribution < -0.4 is 20.5 Å². The van der Waals surface area contributed by atoms with Gasteiger partial charge in [-0.15, -0.1) is 17.0 Å². The third-order valence-corrected chi connectivity index (χ3v) is 3.74. The van der Waals surface area contributed by atoms with Crippen LogP contribution >= 0.6 is 17.0 Å². The average molecular weight is 458 g/mol. The van der Waals surface area contributed by atoms with Crippen molar-refractivity contribution in [1.29, 1.82) is 0 Å². The normalized spacial score (nSPS) is 11.8. The molecule has 0 aliphatic carbocycles. The van der Waals surface area contributed by atoms with Crippen molar-refractivity contribution < 1.29 is 14.6 Å². The number of aliphatic hydroxyl groups is 1. The van der Waals surface area contributed by atoms with Crippen LogP contribution in [0.5, 0.6) is 17.2 Å². The summed E-state index contributed by atoms with van der Waals surface area (Å²) in [7, 11) is 0. The summed E-state index contributed by atoms with van der Waals surface area (Å²) >= 11 is 0. The lowest BCUT2D eigenvalue weighted by Gasteiger charge is -2.12. The molecule has 0 bridgehead atoms. The molecule has 29 heavy (non-hydrogen) atoms. The third-order valence-electron chi connectivity index (χ3n) is 3.74. The Morgan fingerprint density at radius 3 is 2.21 bits per heavy atom. The van der Waals surface area contributed by atoms with Gasteiger partial charge in [-0.25, -0.2) is 0 Å². The monoisotopic (exact) mass is 457 g/mol. The molecule has 6 nitrogen and oxygen atoms in total. The smallest absolute Gasteiger partial charge is 0.193 e. The van der Waals surface area contributed by atoms with E-state index in [2.05, 4.69) is 10.3 Å². The van der Waals surface area contributed by atoms with Crippen molar-refractivity contribution in [3.63, 3.8) is 0 Å². The van der Waals surface area contributed by atoms with Crippen molar-refractivity contribution in [2.45, 2.75) is 6.10 Å². The molecule has 152 valence electrons. The molecular weight excluding hydrogens is 434 g/mol. The van der Waals surface area contributed by atoms with Gasteiger partial charge in [0.2, 0.25) is 0 Å². The van der Waals surface area contributed by atoms with Gasteiger partial charge in [-0.1, -0.05) is 42.5 Å². The summed E-state index contributed by atoms with van der Waals surface area (Å²) in [5.74, 6) is 2.34. The number of para-hydroxylation sites is 2. The van der Waals surface area contributed by atoms with Crippen molar-refractivity contribution in [2.75, 3.05) is 18.5 Å². The zero-order valence-corrected chi connectivity index (χ0v) is 17.5. The standard InChI is InChI=1S/C22H23N3O3.BrH/c23-22(24-15-18(26)16-27-19-9-3-1-4-10-19)25-17-8-7-13-21(14-17)28-20-11-5-2-6-12-20;/h1-14,18,26H,15-16H2,(H3,23,24,25);1H. The fourth-order valence-electron chi connectivity index (χ4n) is 2.41. The van der Waals surface area contributed by atoms with Crippen LogP contribution in [0.1, 0.15) is 0 Å². The molecule has 1 atom stereocenters. The fraction of sp³-hybridized carbons (Fsp3) is 0.136. The van der Waals surface area contributed by atoms with Crippen molar-refractivity contribution in [3.05, 3.63) is 84.9 Å². The molecule has 0 heterocycles. The molecule has 0 aliphatic heterocycles. The number of hydrogen-bond donors (Lipinski definition) is 3. The molecule has 7 heteroatoms. The number of rotatable bonds is 8. The molecular formula is C22H24BrN3O3. The second-order valence-corrected chi connectivity index (χ2v) is 6.07. The minimum absolute atomic E-state index is 0. The SMILES string of the molecule is Br.NC(=NCC(O)COc1ccccc1)Nc1cccc(Oc2ccccc2)c1. The van der Waals surface area contributed by atoms with E-state index in [1.807, 2.05) is 84.9 Å². The predicted octanol–water partition coefficient (Wildman–Crippen LogP) is 4.22. The van der Waals surface area contributed by atoms with E-state index in [4.69, 9.17) is 15.2 Å². The van der Waals surface area contributed by atoms with Crippen LogP contribution in [-0.2, 0) is 0 Å². The minimum atomic E-state index is -0.756. The van der Waals surface area contributed by atoms with E-state index in [0.29, 0.717) is 11.5 Å². The van der Waals surface area contributed by atoms with Crippen LogP contribution in [0.25, 0.3) is 0 Å². The summed E-state index contributed by atoms with van der Waals surface area (Å²) in [4.78, 5) is 4.16. The van der Waals surface area contributed by atoms with Gasteiger partial charge in [0.15, 0.2) is 5.96 Å². The Bertz CT molecular complexity index is 892. The molecule has 0 amide bonds. The molecule has 0 spiro atoms. The highest BCUT2D eigenvalue weighted by Gasteiger charge is 2.05. The highest BCUT2D eigenvalue weighted by Crippen LogP contribution is 2.23. The van der Waals surface area contributed by atoms with Gasteiger partial charge in [0, 0.05) is 11.8 Å². The van der Waals surface area contributed by atoms with Crippen LogP contribution in [0, 0.1) is 0 Å². The Balaban J connectivity index is 0.00000300. The van der Waals surface area contributed by atoms with E-state index in [1.165, 1.54) is 0 Å². The highest BCUT2D eigenvalue weighted by atomic mass is 79.9. The summed E-state index contributed by atoms with van der Waals surface area (Å²) in [6, 6.07) is 26.2. The molecule has 3 rings (SSSR count). The van der Waals surface area contributed by atoms with Gasteiger partial charge in [0.05, 0.1) is 6.54 Å². The largest absolute Gasteiger partial charge is 0.491 e. The van der Waals surface area contributed by atoms with Crippen LogP contribution in [0.4, 0.5) is 5.69 Å². The van der Waals surface area contributed by atoms with Crippen LogP contribution in [-0.4, -0.2) is 30.3 Å². The first-order valence-corrected chi connectivity index (χ1v) is 8.95. The van der Waals surface area contributed by atoms with Gasteiger partial charge in [-0.05, 0) is 36.4 Å². The van der Waals surface area contributed by atoms with Gasteiger partial charge in [-0.3, -0.25) is 4.99 Å². The van der Waals surface area contributed by atoms with Gasteiger partial charge in [0.25, 0.3) is 0 Å². The molecule has 0 aliphatic rings. The van der Waals surface area contributed by atoms with Crippen LogP contribution in [0.15, 0.2) is 89.9 Å². The van der Waals surface area contributed by atoms with Gasteiger partial charge in [0.1, 0.15) is 30.0 Å². The maximum Gasteiger partial charge on any atom is 0.193 e. The Hall–Kier alpha value is -3.03. The summed E-state index contributed by atoms with van der Waals surface area (Å²) in [5, 5.41) is 13.0. The lowest BCUT2D eigenvalue weighted by atomic mass is 10.3. The number of guanidine groups is 1. The predicted molar refractivity (Wildman–Crippen MR) is 121 cm³/mol. The molecule has 1 unspecified atom stereocenters. The zero-order chi connectivity index (χ0) is 19.6. The maximum absolute atomic E-state index is 10.00. The highest BCUT2D eigenvalue weighted by molar-refractivity contribution is 8.93. The third kappa shape index (κ3) is 7.85.